The Balaban J connectivity index is 1.46. The van der Waals surface area contributed by atoms with E-state index in [9.17, 15) is 0 Å². The van der Waals surface area contributed by atoms with Gasteiger partial charge in [0.15, 0.2) is 0 Å². The Morgan fingerprint density at radius 3 is 2.14 bits per heavy atom. The van der Waals surface area contributed by atoms with Crippen LogP contribution in [0, 0.1) is 0 Å². The Morgan fingerprint density at radius 2 is 1.27 bits per heavy atom. The third-order valence-corrected chi connectivity index (χ3v) is 9.97. The van der Waals surface area contributed by atoms with Crippen molar-refractivity contribution in [2.75, 3.05) is 0 Å². The van der Waals surface area contributed by atoms with Crippen LogP contribution in [0.1, 0.15) is 11.1 Å². The van der Waals surface area contributed by atoms with Gasteiger partial charge in [-0.15, -0.1) is 11.3 Å². The van der Waals surface area contributed by atoms with Gasteiger partial charge in [0.25, 0.3) is 0 Å². The molecule has 3 aromatic heterocycles. The van der Waals surface area contributed by atoms with E-state index in [1.54, 1.807) is 0 Å². The molecule has 0 atom stereocenters. The Bertz CT molecular complexity index is 2440. The van der Waals surface area contributed by atoms with E-state index in [-0.39, 0.29) is 0 Å². The van der Waals surface area contributed by atoms with Crippen LogP contribution in [-0.4, -0.2) is 14.5 Å². The molecule has 0 bridgehead atoms. The molecule has 44 heavy (non-hydrogen) atoms. The molecule has 0 radical (unpaired) electrons. The molecule has 0 N–H and O–H groups in total. The number of benzene rings is 5. The standard InChI is InChI=1S/C40H27N3S/c1-2-7-21-32-30-19-11-13-23-35(30)44-39(32)38-31(20-6-1)29-18-10-12-22-34(29)43(38)40-41-36(27-15-4-3-5-16-27)33-25-24-26-14-8-9-17-28(26)37(33)42-40/h1-19,22-25H,20-21H2/b6-1-,7-2-. The maximum absolute atomic E-state index is 5.44. The maximum Gasteiger partial charge on any atom is 0.235 e. The van der Waals surface area contributed by atoms with Crippen molar-refractivity contribution < 1.29 is 0 Å². The van der Waals surface area contributed by atoms with E-state index in [1.165, 1.54) is 42.6 Å². The summed E-state index contributed by atoms with van der Waals surface area (Å²) in [6, 6.07) is 40.9. The number of nitrogens with zero attached hydrogens (tertiary/aromatic N) is 3. The fraction of sp³-hybridized carbons (Fsp3) is 0.0500. The molecule has 4 heteroatoms. The highest BCUT2D eigenvalue weighted by atomic mass is 32.1. The van der Waals surface area contributed by atoms with Crippen LogP contribution in [0.15, 0.2) is 140 Å². The smallest absolute Gasteiger partial charge is 0.235 e. The first-order valence-electron chi connectivity index (χ1n) is 15.1. The second kappa shape index (κ2) is 10.1. The number of rotatable bonds is 2. The molecule has 0 fully saturated rings. The maximum atomic E-state index is 5.44. The van der Waals surface area contributed by atoms with Gasteiger partial charge < -0.3 is 0 Å². The van der Waals surface area contributed by atoms with Gasteiger partial charge in [0.05, 0.1) is 27.3 Å². The minimum absolute atomic E-state index is 0.699. The predicted octanol–water partition coefficient (Wildman–Crippen LogP) is 10.5. The van der Waals surface area contributed by atoms with Crippen molar-refractivity contribution in [2.24, 2.45) is 0 Å². The number of thiophene rings is 1. The Morgan fingerprint density at radius 1 is 0.568 bits per heavy atom. The summed E-state index contributed by atoms with van der Waals surface area (Å²) in [4.78, 5) is 12.2. The molecule has 8 aromatic rings. The van der Waals surface area contributed by atoms with E-state index < -0.39 is 0 Å². The number of aromatic nitrogens is 3. The molecule has 3 heterocycles. The third-order valence-electron chi connectivity index (χ3n) is 8.75. The lowest BCUT2D eigenvalue weighted by Gasteiger charge is -2.15. The van der Waals surface area contributed by atoms with E-state index >= 15 is 0 Å². The number of allylic oxidation sites excluding steroid dienone is 4. The highest BCUT2D eigenvalue weighted by molar-refractivity contribution is 7.22. The van der Waals surface area contributed by atoms with Gasteiger partial charge in [-0.05, 0) is 52.9 Å². The Kier molecular flexibility index (Phi) is 5.81. The van der Waals surface area contributed by atoms with Crippen molar-refractivity contribution in [2.45, 2.75) is 12.8 Å². The predicted molar refractivity (Wildman–Crippen MR) is 186 cm³/mol. The lowest BCUT2D eigenvalue weighted by Crippen LogP contribution is -2.06. The van der Waals surface area contributed by atoms with Crippen molar-refractivity contribution >= 4 is 54.0 Å². The van der Waals surface area contributed by atoms with E-state index in [0.29, 0.717) is 5.95 Å². The minimum atomic E-state index is 0.699. The van der Waals surface area contributed by atoms with Crippen LogP contribution >= 0.6 is 11.3 Å². The van der Waals surface area contributed by atoms with Gasteiger partial charge >= 0.3 is 0 Å². The molecular weight excluding hydrogens is 555 g/mol. The quantitative estimate of drug-likeness (QED) is 0.190. The Labute approximate surface area is 259 Å². The zero-order valence-corrected chi connectivity index (χ0v) is 24.8. The SMILES string of the molecule is C1=C\Cc2c(sc3ccccc23)-c2c(c3ccccc3n2-c2nc(-c3ccccc3)c3ccc4ccccc4c3n2)C\C=C/1. The lowest BCUT2D eigenvalue weighted by molar-refractivity contribution is 0.986. The van der Waals surface area contributed by atoms with Gasteiger partial charge in [-0.25, -0.2) is 9.97 Å². The highest BCUT2D eigenvalue weighted by Crippen LogP contribution is 2.45. The summed E-state index contributed by atoms with van der Waals surface area (Å²) in [5.41, 5.74) is 7.99. The van der Waals surface area contributed by atoms with Gasteiger partial charge in [0.1, 0.15) is 0 Å². The summed E-state index contributed by atoms with van der Waals surface area (Å²) in [6.45, 7) is 0. The van der Waals surface area contributed by atoms with Crippen molar-refractivity contribution in [3.63, 3.8) is 0 Å². The summed E-state index contributed by atoms with van der Waals surface area (Å²) in [5.74, 6) is 0.699. The second-order valence-corrected chi connectivity index (χ2v) is 12.3. The molecule has 9 rings (SSSR count). The molecular formula is C40H27N3S. The fourth-order valence-corrected chi connectivity index (χ4v) is 8.04. The number of fused-ring (bicyclic) bond motifs is 10. The first kappa shape index (κ1) is 25.2. The molecule has 3 nitrogen and oxygen atoms in total. The van der Waals surface area contributed by atoms with Gasteiger partial charge in [0, 0.05) is 26.4 Å². The monoisotopic (exact) mass is 581 g/mol. The highest BCUT2D eigenvalue weighted by Gasteiger charge is 2.26. The van der Waals surface area contributed by atoms with Crippen LogP contribution in [-0.2, 0) is 12.8 Å². The average Bonchev–Trinajstić information content (AvgIpc) is 3.61. The first-order chi connectivity index (χ1) is 21.8. The summed E-state index contributed by atoms with van der Waals surface area (Å²) in [6.07, 6.45) is 10.6. The van der Waals surface area contributed by atoms with Crippen LogP contribution in [0.3, 0.4) is 0 Å². The molecule has 0 saturated heterocycles. The van der Waals surface area contributed by atoms with Crippen LogP contribution in [0.25, 0.3) is 70.4 Å². The van der Waals surface area contributed by atoms with Gasteiger partial charge in [-0.3, -0.25) is 4.57 Å². The molecule has 208 valence electrons. The van der Waals surface area contributed by atoms with E-state index in [4.69, 9.17) is 9.97 Å². The van der Waals surface area contributed by atoms with Gasteiger partial charge in [-0.1, -0.05) is 121 Å². The zero-order valence-electron chi connectivity index (χ0n) is 23.9. The summed E-state index contributed by atoms with van der Waals surface area (Å²) in [5, 5.41) is 5.92. The van der Waals surface area contributed by atoms with Crippen molar-refractivity contribution in [1.29, 1.82) is 0 Å². The van der Waals surface area contributed by atoms with Gasteiger partial charge in [-0.2, -0.15) is 0 Å². The second-order valence-electron chi connectivity index (χ2n) is 11.3. The molecule has 0 unspecified atom stereocenters. The summed E-state index contributed by atoms with van der Waals surface area (Å²) >= 11 is 1.88. The molecule has 0 spiro atoms. The molecule has 0 aliphatic heterocycles. The van der Waals surface area contributed by atoms with Gasteiger partial charge in [0.2, 0.25) is 5.95 Å². The third kappa shape index (κ3) is 3.88. The van der Waals surface area contributed by atoms with Crippen molar-refractivity contribution in [1.82, 2.24) is 14.5 Å². The largest absolute Gasteiger partial charge is 0.277 e. The number of para-hydroxylation sites is 1. The van der Waals surface area contributed by atoms with Crippen LogP contribution in [0.4, 0.5) is 0 Å². The van der Waals surface area contributed by atoms with Crippen LogP contribution in [0.5, 0.6) is 0 Å². The topological polar surface area (TPSA) is 30.7 Å². The summed E-state index contributed by atoms with van der Waals surface area (Å²) in [7, 11) is 0. The first-order valence-corrected chi connectivity index (χ1v) is 15.9. The average molecular weight is 582 g/mol. The van der Waals surface area contributed by atoms with E-state index in [0.717, 1.165) is 45.9 Å². The zero-order chi connectivity index (χ0) is 29.0. The molecule has 0 saturated carbocycles. The molecule has 1 aliphatic carbocycles. The van der Waals surface area contributed by atoms with Crippen LogP contribution < -0.4 is 0 Å². The molecule has 1 aliphatic rings. The van der Waals surface area contributed by atoms with Crippen molar-refractivity contribution in [3.05, 3.63) is 151 Å². The normalized spacial score (nSPS) is 14.5. The van der Waals surface area contributed by atoms with E-state index in [1.807, 2.05) is 11.3 Å². The number of hydrogen-bond donors (Lipinski definition) is 0. The summed E-state index contributed by atoms with van der Waals surface area (Å²) < 4.78 is 3.64. The Hall–Kier alpha value is -5.32. The lowest BCUT2D eigenvalue weighted by atomic mass is 10.00. The fourth-order valence-electron chi connectivity index (χ4n) is 6.75. The minimum Gasteiger partial charge on any atom is -0.277 e. The van der Waals surface area contributed by atoms with Crippen LogP contribution in [0.2, 0.25) is 0 Å². The van der Waals surface area contributed by atoms with Crippen molar-refractivity contribution in [3.8, 4) is 27.8 Å². The molecule has 5 aromatic carbocycles. The number of hydrogen-bond acceptors (Lipinski definition) is 3. The molecule has 0 amide bonds. The van der Waals surface area contributed by atoms with E-state index in [2.05, 4.69) is 144 Å².